The Bertz CT molecular complexity index is 645. The Kier molecular flexibility index (Phi) is 4.35. The second kappa shape index (κ2) is 6.39. The maximum Gasteiger partial charge on any atom is 0.335 e. The van der Waals surface area contributed by atoms with Gasteiger partial charge in [0.15, 0.2) is 0 Å². The molecule has 2 aromatic carbocycles. The number of carboxylic acid groups (broad SMARTS) is 1. The van der Waals surface area contributed by atoms with Crippen molar-refractivity contribution in [2.75, 3.05) is 11.9 Å². The fraction of sp³-hybridized carbons (Fsp3) is 0.125. The Hall–Kier alpha value is -2.80. The highest BCUT2D eigenvalue weighted by Crippen LogP contribution is 2.25. The number of carboxylic acids is 1. The number of nitriles is 1. The average Bonchev–Trinajstić information content (AvgIpc) is 2.97. The lowest BCUT2D eigenvalue weighted by atomic mass is 10.1. The first kappa shape index (κ1) is 13.6. The molecule has 3 rings (SSSR count). The maximum atomic E-state index is 10.2. The summed E-state index contributed by atoms with van der Waals surface area (Å²) in [5, 5.41) is 20.3. The lowest BCUT2D eigenvalue weighted by Crippen LogP contribution is -1.93. The molecule has 0 saturated carbocycles. The van der Waals surface area contributed by atoms with Crippen LogP contribution in [0.2, 0.25) is 0 Å². The van der Waals surface area contributed by atoms with Crippen molar-refractivity contribution in [2.24, 2.45) is 0 Å². The number of nitrogens with one attached hydrogen (secondary N) is 1. The van der Waals surface area contributed by atoms with Gasteiger partial charge in [0, 0.05) is 6.54 Å². The third-order valence-corrected chi connectivity index (χ3v) is 2.99. The number of fused-ring (bicyclic) bond motifs is 1. The van der Waals surface area contributed by atoms with Gasteiger partial charge >= 0.3 is 5.97 Å². The molecule has 0 saturated heterocycles. The van der Waals surface area contributed by atoms with Gasteiger partial charge in [0.05, 0.1) is 16.8 Å². The molecule has 0 spiro atoms. The molecule has 4 heteroatoms. The largest absolute Gasteiger partial charge is 0.478 e. The lowest BCUT2D eigenvalue weighted by molar-refractivity contribution is 0.0697. The number of hydrogen-bond acceptors (Lipinski definition) is 3. The fourth-order valence-electron chi connectivity index (χ4n) is 2.01. The van der Waals surface area contributed by atoms with E-state index in [1.54, 1.807) is 30.3 Å². The van der Waals surface area contributed by atoms with Crippen LogP contribution >= 0.6 is 0 Å². The van der Waals surface area contributed by atoms with Crippen LogP contribution in [0, 0.1) is 11.3 Å². The molecule has 2 N–H and O–H groups in total. The standard InChI is InChI=1S/C9H8N2.C7H6O2/c10-6-8-3-1-2-7-4-5-11-9(7)8;8-7(9)6-4-2-1-3-5-6/h1-3,11H,4-5H2;1-5H,(H,8,9). The maximum absolute atomic E-state index is 10.2. The van der Waals surface area contributed by atoms with Crippen molar-refractivity contribution in [1.29, 1.82) is 5.26 Å². The molecule has 0 atom stereocenters. The Labute approximate surface area is 117 Å². The number of nitrogens with zero attached hydrogens (tertiary/aromatic N) is 1. The van der Waals surface area contributed by atoms with E-state index >= 15 is 0 Å². The zero-order valence-electron chi connectivity index (χ0n) is 10.8. The van der Waals surface area contributed by atoms with Crippen LogP contribution in [-0.4, -0.2) is 17.6 Å². The average molecular weight is 266 g/mol. The summed E-state index contributed by atoms with van der Waals surface area (Å²) in [7, 11) is 0. The molecule has 0 amide bonds. The van der Waals surface area contributed by atoms with Crippen molar-refractivity contribution < 1.29 is 9.90 Å². The monoisotopic (exact) mass is 266 g/mol. The second-order valence-corrected chi connectivity index (χ2v) is 4.30. The lowest BCUT2D eigenvalue weighted by Gasteiger charge is -1.99. The topological polar surface area (TPSA) is 73.1 Å². The zero-order valence-corrected chi connectivity index (χ0v) is 10.8. The zero-order chi connectivity index (χ0) is 14.4. The van der Waals surface area contributed by atoms with Crippen LogP contribution in [0.4, 0.5) is 5.69 Å². The number of carbonyl (C=O) groups is 1. The van der Waals surface area contributed by atoms with Gasteiger partial charge in [-0.2, -0.15) is 5.26 Å². The minimum absolute atomic E-state index is 0.331. The molecule has 0 radical (unpaired) electrons. The van der Waals surface area contributed by atoms with E-state index in [4.69, 9.17) is 10.4 Å². The van der Waals surface area contributed by atoms with E-state index in [9.17, 15) is 4.79 Å². The van der Waals surface area contributed by atoms with Gasteiger partial charge < -0.3 is 10.4 Å². The number of aromatic carboxylic acids is 1. The number of anilines is 1. The Balaban J connectivity index is 0.000000151. The number of rotatable bonds is 1. The summed E-state index contributed by atoms with van der Waals surface area (Å²) in [6.45, 7) is 0.966. The van der Waals surface area contributed by atoms with E-state index in [0.717, 1.165) is 24.2 Å². The van der Waals surface area contributed by atoms with E-state index < -0.39 is 5.97 Å². The van der Waals surface area contributed by atoms with Gasteiger partial charge in [0.1, 0.15) is 6.07 Å². The van der Waals surface area contributed by atoms with Gasteiger partial charge in [-0.25, -0.2) is 4.79 Å². The van der Waals surface area contributed by atoms with Crippen molar-refractivity contribution >= 4 is 11.7 Å². The van der Waals surface area contributed by atoms with Crippen LogP contribution in [0.3, 0.4) is 0 Å². The minimum atomic E-state index is -0.879. The van der Waals surface area contributed by atoms with Crippen LogP contribution in [0.25, 0.3) is 0 Å². The van der Waals surface area contributed by atoms with Gasteiger partial charge in [-0.3, -0.25) is 0 Å². The number of benzene rings is 2. The van der Waals surface area contributed by atoms with Gasteiger partial charge in [-0.1, -0.05) is 30.3 Å². The molecule has 0 bridgehead atoms. The van der Waals surface area contributed by atoms with E-state index in [1.807, 2.05) is 12.1 Å². The smallest absolute Gasteiger partial charge is 0.335 e. The summed E-state index contributed by atoms with van der Waals surface area (Å²) in [6, 6.07) is 16.3. The molecular formula is C16H14N2O2. The molecule has 0 unspecified atom stereocenters. The second-order valence-electron chi connectivity index (χ2n) is 4.30. The van der Waals surface area contributed by atoms with Crippen LogP contribution in [0.5, 0.6) is 0 Å². The molecule has 0 fully saturated rings. The molecule has 20 heavy (non-hydrogen) atoms. The highest BCUT2D eigenvalue weighted by Gasteiger charge is 2.12. The summed E-state index contributed by atoms with van der Waals surface area (Å²) < 4.78 is 0. The Morgan fingerprint density at radius 2 is 1.90 bits per heavy atom. The van der Waals surface area contributed by atoms with Crippen LogP contribution in [0.15, 0.2) is 48.5 Å². The van der Waals surface area contributed by atoms with Gasteiger partial charge in [-0.15, -0.1) is 0 Å². The van der Waals surface area contributed by atoms with Gasteiger partial charge in [0.25, 0.3) is 0 Å². The molecule has 100 valence electrons. The highest BCUT2D eigenvalue weighted by atomic mass is 16.4. The first-order valence-electron chi connectivity index (χ1n) is 6.26. The quantitative estimate of drug-likeness (QED) is 0.832. The molecule has 1 aliphatic heterocycles. The van der Waals surface area contributed by atoms with E-state index in [2.05, 4.69) is 17.5 Å². The molecule has 0 aliphatic carbocycles. The fourth-order valence-corrected chi connectivity index (χ4v) is 2.01. The summed E-state index contributed by atoms with van der Waals surface area (Å²) >= 11 is 0. The first-order chi connectivity index (χ1) is 9.72. The van der Waals surface area contributed by atoms with Crippen LogP contribution in [-0.2, 0) is 6.42 Å². The highest BCUT2D eigenvalue weighted by molar-refractivity contribution is 5.87. The predicted molar refractivity (Wildman–Crippen MR) is 76.8 cm³/mol. The van der Waals surface area contributed by atoms with Crippen LogP contribution < -0.4 is 5.32 Å². The van der Waals surface area contributed by atoms with E-state index in [0.29, 0.717) is 5.56 Å². The molecule has 1 aliphatic rings. The molecule has 2 aromatic rings. The number of hydrogen-bond donors (Lipinski definition) is 2. The third-order valence-electron chi connectivity index (χ3n) is 2.99. The summed E-state index contributed by atoms with van der Waals surface area (Å²) in [6.07, 6.45) is 1.05. The predicted octanol–water partition coefficient (Wildman–Crippen LogP) is 2.91. The van der Waals surface area contributed by atoms with E-state index in [1.165, 1.54) is 5.56 Å². The van der Waals surface area contributed by atoms with Crippen molar-refractivity contribution in [3.8, 4) is 6.07 Å². The van der Waals surface area contributed by atoms with Gasteiger partial charge in [-0.05, 0) is 30.2 Å². The molecule has 0 aromatic heterocycles. The van der Waals surface area contributed by atoms with Crippen molar-refractivity contribution in [3.63, 3.8) is 0 Å². The molecule has 4 nitrogen and oxygen atoms in total. The van der Waals surface area contributed by atoms with Crippen molar-refractivity contribution in [1.82, 2.24) is 0 Å². The van der Waals surface area contributed by atoms with Crippen molar-refractivity contribution in [3.05, 3.63) is 65.2 Å². The summed E-state index contributed by atoms with van der Waals surface area (Å²) in [5.74, 6) is -0.879. The first-order valence-corrected chi connectivity index (χ1v) is 6.26. The van der Waals surface area contributed by atoms with Crippen molar-refractivity contribution in [2.45, 2.75) is 6.42 Å². The van der Waals surface area contributed by atoms with E-state index in [-0.39, 0.29) is 0 Å². The number of para-hydroxylation sites is 1. The Morgan fingerprint density at radius 1 is 1.15 bits per heavy atom. The summed E-state index contributed by atoms with van der Waals surface area (Å²) in [5.41, 5.74) is 3.40. The summed E-state index contributed by atoms with van der Waals surface area (Å²) in [4.78, 5) is 10.2. The Morgan fingerprint density at radius 3 is 2.50 bits per heavy atom. The molecule has 1 heterocycles. The SMILES string of the molecule is N#Cc1cccc2c1NCC2.O=C(O)c1ccccc1. The minimum Gasteiger partial charge on any atom is -0.478 e. The van der Waals surface area contributed by atoms with Gasteiger partial charge in [0.2, 0.25) is 0 Å². The molecular weight excluding hydrogens is 252 g/mol. The van der Waals surface area contributed by atoms with Crippen LogP contribution in [0.1, 0.15) is 21.5 Å². The third kappa shape index (κ3) is 3.15. The normalized spacial score (nSPS) is 11.3.